The lowest BCUT2D eigenvalue weighted by Gasteiger charge is -2.42. The van der Waals surface area contributed by atoms with Crippen LogP contribution in [0.3, 0.4) is 0 Å². The third kappa shape index (κ3) is 4.98. The molecule has 0 amide bonds. The van der Waals surface area contributed by atoms with Crippen molar-refractivity contribution in [3.63, 3.8) is 0 Å². The third-order valence-corrected chi connectivity index (χ3v) is 12.5. The van der Waals surface area contributed by atoms with Crippen molar-refractivity contribution in [1.82, 2.24) is 14.5 Å². The maximum absolute atomic E-state index is 6.47. The summed E-state index contributed by atoms with van der Waals surface area (Å²) in [5.74, 6) is 0.631. The molecule has 11 rings (SSSR count). The smallest absolute Gasteiger partial charge is 0.231 e. The Morgan fingerprint density at radius 1 is 0.518 bits per heavy atom. The number of furan rings is 1. The summed E-state index contributed by atoms with van der Waals surface area (Å²) in [6.45, 7) is 9.65. The summed E-state index contributed by atoms with van der Waals surface area (Å²) < 4.78 is 8.95. The van der Waals surface area contributed by atoms with Crippen LogP contribution in [-0.2, 0) is 10.8 Å². The first-order valence-electron chi connectivity index (χ1n) is 19.7. The van der Waals surface area contributed by atoms with Gasteiger partial charge in [-0.1, -0.05) is 149 Å². The highest BCUT2D eigenvalue weighted by Gasteiger charge is 2.38. The van der Waals surface area contributed by atoms with E-state index in [-0.39, 0.29) is 10.8 Å². The van der Waals surface area contributed by atoms with E-state index < -0.39 is 0 Å². The second kappa shape index (κ2) is 12.0. The molecular weight excluding hydrogens is 683 g/mol. The average Bonchev–Trinajstić information content (AvgIpc) is 3.78. The predicted molar refractivity (Wildman–Crippen MR) is 233 cm³/mol. The molecule has 4 nitrogen and oxygen atoms in total. The summed E-state index contributed by atoms with van der Waals surface area (Å²) >= 11 is 0. The Morgan fingerprint density at radius 2 is 1.18 bits per heavy atom. The van der Waals surface area contributed by atoms with Gasteiger partial charge in [-0.05, 0) is 81.6 Å². The van der Waals surface area contributed by atoms with Crippen molar-refractivity contribution < 1.29 is 4.42 Å². The summed E-state index contributed by atoms with van der Waals surface area (Å²) in [7, 11) is 0. The van der Waals surface area contributed by atoms with Crippen molar-refractivity contribution in [2.75, 3.05) is 0 Å². The number of aromatic nitrogens is 3. The van der Waals surface area contributed by atoms with Crippen LogP contribution in [0.2, 0.25) is 0 Å². The molecule has 4 heteroatoms. The summed E-state index contributed by atoms with van der Waals surface area (Å²) in [6, 6.07) is 54.4. The zero-order valence-corrected chi connectivity index (χ0v) is 32.1. The van der Waals surface area contributed by atoms with Crippen LogP contribution in [0.15, 0.2) is 156 Å². The Balaban J connectivity index is 1.15. The van der Waals surface area contributed by atoms with Crippen molar-refractivity contribution in [1.29, 1.82) is 0 Å². The molecule has 0 spiro atoms. The number of rotatable bonds is 4. The van der Waals surface area contributed by atoms with Crippen molar-refractivity contribution in [2.45, 2.75) is 51.4 Å². The van der Waals surface area contributed by atoms with Gasteiger partial charge in [-0.3, -0.25) is 0 Å². The minimum Gasteiger partial charge on any atom is -0.438 e. The van der Waals surface area contributed by atoms with Gasteiger partial charge in [-0.2, -0.15) is 4.98 Å². The first-order valence-corrected chi connectivity index (χ1v) is 19.7. The monoisotopic (exact) mass is 723 g/mol. The zero-order valence-electron chi connectivity index (χ0n) is 32.1. The standard InChI is InChI=1S/C52H41N3O/c1-51(2)27-28-52(3,4)43-31-44-41(30-42(43)51)39-26-25-34-15-8-9-18-38(34)48(39)55(44)37-17-12-16-36(29-37)49-53-47(46-40-19-10-11-20-45(40)56-50(46)54-49)35-23-21-33(22-24-35)32-13-6-5-7-14-32/h5-26,29-31H,27-28H2,1-4H3. The van der Waals surface area contributed by atoms with E-state index in [1.807, 2.05) is 24.3 Å². The van der Waals surface area contributed by atoms with Crippen LogP contribution in [-0.4, -0.2) is 14.5 Å². The Hall–Kier alpha value is -6.52. The lowest BCUT2D eigenvalue weighted by molar-refractivity contribution is 0.332. The number of hydrogen-bond donors (Lipinski definition) is 0. The van der Waals surface area contributed by atoms with E-state index in [4.69, 9.17) is 14.4 Å². The molecule has 270 valence electrons. The van der Waals surface area contributed by atoms with E-state index in [1.165, 1.54) is 55.7 Å². The quantitative estimate of drug-likeness (QED) is 0.182. The van der Waals surface area contributed by atoms with E-state index in [9.17, 15) is 0 Å². The largest absolute Gasteiger partial charge is 0.438 e. The normalized spacial score (nSPS) is 14.9. The van der Waals surface area contributed by atoms with Gasteiger partial charge >= 0.3 is 0 Å². The molecule has 56 heavy (non-hydrogen) atoms. The van der Waals surface area contributed by atoms with Crippen molar-refractivity contribution in [3.8, 4) is 39.5 Å². The highest BCUT2D eigenvalue weighted by atomic mass is 16.3. The van der Waals surface area contributed by atoms with Gasteiger partial charge in [0, 0.05) is 38.4 Å². The van der Waals surface area contributed by atoms with Gasteiger partial charge in [-0.25, -0.2) is 4.98 Å². The first-order chi connectivity index (χ1) is 27.2. The van der Waals surface area contributed by atoms with Gasteiger partial charge in [-0.15, -0.1) is 0 Å². The minimum absolute atomic E-state index is 0.0791. The van der Waals surface area contributed by atoms with Gasteiger partial charge in [0.25, 0.3) is 0 Å². The lowest BCUT2D eigenvalue weighted by atomic mass is 9.63. The molecular formula is C52H41N3O. The first kappa shape index (κ1) is 32.9. The second-order valence-electron chi connectivity index (χ2n) is 16.9. The van der Waals surface area contributed by atoms with E-state index in [0.29, 0.717) is 11.5 Å². The van der Waals surface area contributed by atoms with Crippen LogP contribution >= 0.6 is 0 Å². The maximum Gasteiger partial charge on any atom is 0.231 e. The summed E-state index contributed by atoms with van der Waals surface area (Å²) in [4.78, 5) is 10.5. The lowest BCUT2D eigenvalue weighted by Crippen LogP contribution is -2.33. The third-order valence-electron chi connectivity index (χ3n) is 12.5. The van der Waals surface area contributed by atoms with Gasteiger partial charge in [0.15, 0.2) is 5.82 Å². The molecule has 0 fully saturated rings. The Kier molecular flexibility index (Phi) is 7.04. The molecule has 0 saturated heterocycles. The average molecular weight is 724 g/mol. The Morgan fingerprint density at radius 3 is 1.98 bits per heavy atom. The van der Waals surface area contributed by atoms with Crippen LogP contribution in [0.4, 0.5) is 0 Å². The number of hydrogen-bond acceptors (Lipinski definition) is 3. The van der Waals surface area contributed by atoms with E-state index in [0.717, 1.165) is 50.8 Å². The number of para-hydroxylation sites is 1. The molecule has 1 aliphatic rings. The summed E-state index contributed by atoms with van der Waals surface area (Å²) in [5.41, 5.74) is 13.2. The number of nitrogens with zero attached hydrogens (tertiary/aromatic N) is 3. The molecule has 3 aromatic heterocycles. The minimum atomic E-state index is 0.0791. The highest BCUT2D eigenvalue weighted by Crippen LogP contribution is 2.49. The zero-order chi connectivity index (χ0) is 37.8. The molecule has 0 saturated carbocycles. The van der Waals surface area contributed by atoms with Crippen LogP contribution in [0.25, 0.3) is 94.1 Å². The molecule has 3 heterocycles. The van der Waals surface area contributed by atoms with E-state index in [2.05, 4.69) is 160 Å². The predicted octanol–water partition coefficient (Wildman–Crippen LogP) is 14.0. The molecule has 0 aliphatic heterocycles. The molecule has 0 N–H and O–H groups in total. The van der Waals surface area contributed by atoms with Crippen LogP contribution in [0.5, 0.6) is 0 Å². The van der Waals surface area contributed by atoms with Crippen molar-refractivity contribution in [3.05, 3.63) is 163 Å². The fourth-order valence-corrected chi connectivity index (χ4v) is 9.30. The van der Waals surface area contributed by atoms with Crippen molar-refractivity contribution in [2.24, 2.45) is 0 Å². The maximum atomic E-state index is 6.47. The van der Waals surface area contributed by atoms with E-state index in [1.54, 1.807) is 0 Å². The molecule has 1 aliphatic carbocycles. The fraction of sp³-hybridized carbons (Fsp3) is 0.154. The second-order valence-corrected chi connectivity index (χ2v) is 16.9. The molecule has 10 aromatic rings. The number of fused-ring (bicyclic) bond motifs is 9. The van der Waals surface area contributed by atoms with Crippen LogP contribution < -0.4 is 0 Å². The Labute approximate surface area is 326 Å². The van der Waals surface area contributed by atoms with Crippen LogP contribution in [0, 0.1) is 0 Å². The molecule has 0 radical (unpaired) electrons. The highest BCUT2D eigenvalue weighted by molar-refractivity contribution is 6.19. The van der Waals surface area contributed by atoms with E-state index >= 15 is 0 Å². The van der Waals surface area contributed by atoms with Gasteiger partial charge in [0.2, 0.25) is 5.71 Å². The van der Waals surface area contributed by atoms with Gasteiger partial charge in [0.1, 0.15) is 5.58 Å². The van der Waals surface area contributed by atoms with Gasteiger partial charge in [0.05, 0.1) is 22.1 Å². The van der Waals surface area contributed by atoms with Gasteiger partial charge < -0.3 is 8.98 Å². The fourth-order valence-electron chi connectivity index (χ4n) is 9.30. The number of benzene rings is 7. The topological polar surface area (TPSA) is 43.9 Å². The van der Waals surface area contributed by atoms with Crippen LogP contribution in [0.1, 0.15) is 51.7 Å². The molecule has 0 unspecified atom stereocenters. The molecule has 0 atom stereocenters. The summed E-state index contributed by atoms with van der Waals surface area (Å²) in [6.07, 6.45) is 2.34. The SMILES string of the molecule is CC1(C)CCC(C)(C)c2cc3c(cc21)c1ccc2ccccc2c1n3-c1cccc(-c2nc(-c3ccc(-c4ccccc4)cc3)c3c(n2)oc2ccccc23)c1. The Bertz CT molecular complexity index is 3180. The molecule has 0 bridgehead atoms. The van der Waals surface area contributed by atoms with Crippen molar-refractivity contribution >= 4 is 54.6 Å². The molecule has 7 aromatic carbocycles. The summed E-state index contributed by atoms with van der Waals surface area (Å²) in [5, 5.41) is 6.97.